The number of anilines is 1. The van der Waals surface area contributed by atoms with E-state index in [1.165, 1.54) is 6.42 Å². The molecule has 1 saturated heterocycles. The highest BCUT2D eigenvalue weighted by Gasteiger charge is 2.22. The van der Waals surface area contributed by atoms with Crippen LogP contribution in [0.5, 0.6) is 0 Å². The number of nitrogens with zero attached hydrogens (tertiary/aromatic N) is 2. The zero-order valence-electron chi connectivity index (χ0n) is 13.5. The van der Waals surface area contributed by atoms with E-state index in [2.05, 4.69) is 36.0 Å². The highest BCUT2D eigenvalue weighted by atomic mass is 19.1. The van der Waals surface area contributed by atoms with E-state index < -0.39 is 0 Å². The second-order valence-corrected chi connectivity index (χ2v) is 6.49. The molecule has 1 fully saturated rings. The van der Waals surface area contributed by atoms with Crippen molar-refractivity contribution in [3.05, 3.63) is 23.6 Å². The lowest BCUT2D eigenvalue weighted by Gasteiger charge is -2.33. The van der Waals surface area contributed by atoms with Crippen molar-refractivity contribution in [2.45, 2.75) is 46.6 Å². The molecule has 2 heterocycles. The molecule has 4 heteroatoms. The SMILES string of the molecule is CCC1CCCN(c2nccc(CNCC(C)C)c2F)C1. The molecule has 0 aliphatic carbocycles. The fraction of sp³-hybridized carbons (Fsp3) is 0.706. The maximum absolute atomic E-state index is 14.7. The number of nitrogens with one attached hydrogen (secondary N) is 1. The van der Waals surface area contributed by atoms with Crippen LogP contribution in [0.4, 0.5) is 10.2 Å². The van der Waals surface area contributed by atoms with Crippen LogP contribution < -0.4 is 10.2 Å². The summed E-state index contributed by atoms with van der Waals surface area (Å²) in [6, 6.07) is 1.79. The quantitative estimate of drug-likeness (QED) is 0.868. The molecule has 1 aromatic rings. The third-order valence-electron chi connectivity index (χ3n) is 4.21. The standard InChI is InChI=1S/C17H28FN3/c1-4-14-6-5-9-21(12-14)17-16(18)15(7-8-20-17)11-19-10-13(2)3/h7-8,13-14,19H,4-6,9-12H2,1-3H3. The number of hydrogen-bond donors (Lipinski definition) is 1. The van der Waals surface area contributed by atoms with Gasteiger partial charge >= 0.3 is 0 Å². The third-order valence-corrected chi connectivity index (χ3v) is 4.21. The molecule has 0 spiro atoms. The monoisotopic (exact) mass is 293 g/mol. The van der Waals surface area contributed by atoms with Crippen molar-refractivity contribution in [3.63, 3.8) is 0 Å². The number of halogens is 1. The molecule has 1 N–H and O–H groups in total. The molecule has 0 amide bonds. The Morgan fingerprint density at radius 3 is 3.00 bits per heavy atom. The van der Waals surface area contributed by atoms with Crippen LogP contribution in [0.15, 0.2) is 12.3 Å². The average molecular weight is 293 g/mol. The summed E-state index contributed by atoms with van der Waals surface area (Å²) in [4.78, 5) is 6.42. The van der Waals surface area contributed by atoms with Gasteiger partial charge in [-0.3, -0.25) is 0 Å². The van der Waals surface area contributed by atoms with E-state index in [1.54, 1.807) is 12.3 Å². The van der Waals surface area contributed by atoms with Crippen LogP contribution in [-0.2, 0) is 6.54 Å². The minimum Gasteiger partial charge on any atom is -0.354 e. The van der Waals surface area contributed by atoms with Crippen LogP contribution in [0.3, 0.4) is 0 Å². The molecule has 1 aliphatic rings. The molecule has 0 bridgehead atoms. The Morgan fingerprint density at radius 2 is 2.29 bits per heavy atom. The van der Waals surface area contributed by atoms with Gasteiger partial charge in [0.2, 0.25) is 0 Å². The Kier molecular flexibility index (Phi) is 5.97. The number of pyridine rings is 1. The summed E-state index contributed by atoms with van der Waals surface area (Å²) in [5.74, 6) is 1.63. The van der Waals surface area contributed by atoms with Crippen molar-refractivity contribution >= 4 is 5.82 Å². The lowest BCUT2D eigenvalue weighted by Crippen LogP contribution is -2.36. The smallest absolute Gasteiger partial charge is 0.170 e. The van der Waals surface area contributed by atoms with Gasteiger partial charge in [0.25, 0.3) is 0 Å². The van der Waals surface area contributed by atoms with E-state index in [0.717, 1.165) is 38.0 Å². The molecule has 1 atom stereocenters. The van der Waals surface area contributed by atoms with Gasteiger partial charge in [-0.25, -0.2) is 9.37 Å². The summed E-state index contributed by atoms with van der Waals surface area (Å²) in [5, 5.41) is 3.31. The van der Waals surface area contributed by atoms with Gasteiger partial charge in [0.1, 0.15) is 0 Å². The first-order valence-corrected chi connectivity index (χ1v) is 8.20. The Bertz CT molecular complexity index is 448. The average Bonchev–Trinajstić information content (AvgIpc) is 2.49. The fourth-order valence-corrected chi connectivity index (χ4v) is 2.91. The first-order chi connectivity index (χ1) is 10.1. The Balaban J connectivity index is 2.06. The Labute approximate surface area is 127 Å². The van der Waals surface area contributed by atoms with E-state index in [-0.39, 0.29) is 5.82 Å². The minimum absolute atomic E-state index is 0.148. The van der Waals surface area contributed by atoms with Crippen molar-refractivity contribution in [2.75, 3.05) is 24.5 Å². The van der Waals surface area contributed by atoms with Crippen molar-refractivity contribution in [1.29, 1.82) is 0 Å². The molecule has 0 aromatic carbocycles. The lowest BCUT2D eigenvalue weighted by molar-refractivity contribution is 0.399. The summed E-state index contributed by atoms with van der Waals surface area (Å²) in [5.41, 5.74) is 0.722. The molecular formula is C17H28FN3. The summed E-state index contributed by atoms with van der Waals surface area (Å²) in [6.07, 6.45) is 5.29. The molecule has 118 valence electrons. The van der Waals surface area contributed by atoms with Crippen molar-refractivity contribution in [3.8, 4) is 0 Å². The largest absolute Gasteiger partial charge is 0.354 e. The topological polar surface area (TPSA) is 28.2 Å². The van der Waals surface area contributed by atoms with Gasteiger partial charge in [-0.2, -0.15) is 0 Å². The zero-order chi connectivity index (χ0) is 15.2. The van der Waals surface area contributed by atoms with E-state index in [1.807, 2.05) is 0 Å². The summed E-state index contributed by atoms with van der Waals surface area (Å²) in [6.45, 7) is 9.85. The van der Waals surface area contributed by atoms with Crippen LogP contribution in [0.2, 0.25) is 0 Å². The van der Waals surface area contributed by atoms with Gasteiger partial charge in [0.05, 0.1) is 0 Å². The highest BCUT2D eigenvalue weighted by Crippen LogP contribution is 2.26. The maximum Gasteiger partial charge on any atom is 0.170 e. The van der Waals surface area contributed by atoms with Gasteiger partial charge in [0.15, 0.2) is 11.6 Å². The van der Waals surface area contributed by atoms with Crippen molar-refractivity contribution < 1.29 is 4.39 Å². The van der Waals surface area contributed by atoms with E-state index >= 15 is 0 Å². The summed E-state index contributed by atoms with van der Waals surface area (Å²) < 4.78 is 14.7. The molecule has 0 radical (unpaired) electrons. The first kappa shape index (κ1) is 16.2. The Hall–Kier alpha value is -1.16. The van der Waals surface area contributed by atoms with Gasteiger partial charge in [-0.05, 0) is 37.3 Å². The summed E-state index contributed by atoms with van der Waals surface area (Å²) in [7, 11) is 0. The van der Waals surface area contributed by atoms with E-state index in [0.29, 0.717) is 24.2 Å². The van der Waals surface area contributed by atoms with Gasteiger partial charge in [-0.15, -0.1) is 0 Å². The number of piperidine rings is 1. The van der Waals surface area contributed by atoms with Crippen LogP contribution in [0, 0.1) is 17.7 Å². The van der Waals surface area contributed by atoms with E-state index in [9.17, 15) is 4.39 Å². The highest BCUT2D eigenvalue weighted by molar-refractivity contribution is 5.43. The minimum atomic E-state index is -0.148. The maximum atomic E-state index is 14.7. The van der Waals surface area contributed by atoms with Crippen LogP contribution in [0.25, 0.3) is 0 Å². The van der Waals surface area contributed by atoms with Gasteiger partial charge in [0, 0.05) is 31.4 Å². The molecule has 1 unspecified atom stereocenters. The van der Waals surface area contributed by atoms with Crippen LogP contribution >= 0.6 is 0 Å². The number of hydrogen-bond acceptors (Lipinski definition) is 3. The predicted octanol–water partition coefficient (Wildman–Crippen LogP) is 3.59. The van der Waals surface area contributed by atoms with Crippen molar-refractivity contribution in [2.24, 2.45) is 11.8 Å². The molecule has 3 nitrogen and oxygen atoms in total. The van der Waals surface area contributed by atoms with Crippen molar-refractivity contribution in [1.82, 2.24) is 10.3 Å². The summed E-state index contributed by atoms with van der Waals surface area (Å²) >= 11 is 0. The zero-order valence-corrected chi connectivity index (χ0v) is 13.5. The molecule has 21 heavy (non-hydrogen) atoms. The number of aromatic nitrogens is 1. The predicted molar refractivity (Wildman–Crippen MR) is 86.0 cm³/mol. The van der Waals surface area contributed by atoms with Crippen LogP contribution in [-0.4, -0.2) is 24.6 Å². The normalized spacial score (nSPS) is 19.3. The molecule has 2 rings (SSSR count). The van der Waals surface area contributed by atoms with Gasteiger partial charge < -0.3 is 10.2 Å². The number of rotatable bonds is 6. The van der Waals surface area contributed by atoms with E-state index in [4.69, 9.17) is 0 Å². The van der Waals surface area contributed by atoms with Gasteiger partial charge in [-0.1, -0.05) is 27.2 Å². The third kappa shape index (κ3) is 4.40. The molecule has 1 aromatic heterocycles. The lowest BCUT2D eigenvalue weighted by atomic mass is 9.95. The molecule has 0 saturated carbocycles. The second kappa shape index (κ2) is 7.74. The molecular weight excluding hydrogens is 265 g/mol. The first-order valence-electron chi connectivity index (χ1n) is 8.20. The second-order valence-electron chi connectivity index (χ2n) is 6.49. The molecule has 1 aliphatic heterocycles. The fourth-order valence-electron chi connectivity index (χ4n) is 2.91. The Morgan fingerprint density at radius 1 is 1.48 bits per heavy atom. The van der Waals surface area contributed by atoms with Crippen LogP contribution in [0.1, 0.15) is 45.6 Å².